The topological polar surface area (TPSA) is 55.1 Å². The second-order valence-electron chi connectivity index (χ2n) is 3.05. The van der Waals surface area contributed by atoms with Crippen molar-refractivity contribution in [3.05, 3.63) is 29.1 Å². The zero-order valence-electron chi connectivity index (χ0n) is 8.23. The Morgan fingerprint density at radius 1 is 1.57 bits per heavy atom. The molecule has 0 spiro atoms. The van der Waals surface area contributed by atoms with Gasteiger partial charge < -0.3 is 11.1 Å². The molecule has 1 aromatic carbocycles. The number of amides is 1. The highest BCUT2D eigenvalue weighted by Gasteiger charge is 2.10. The number of carbonyl (C=O) groups excluding carboxylic acids is 1. The lowest BCUT2D eigenvalue weighted by Crippen LogP contribution is -2.23. The van der Waals surface area contributed by atoms with E-state index in [0.29, 0.717) is 17.7 Å². The van der Waals surface area contributed by atoms with Crippen LogP contribution in [0, 0.1) is 12.7 Å². The fraction of sp³-hybridized carbons (Fsp3) is 0.300. The molecule has 0 aliphatic carbocycles. The Morgan fingerprint density at radius 2 is 2.21 bits per heavy atom. The van der Waals surface area contributed by atoms with Gasteiger partial charge >= 0.3 is 0 Å². The van der Waals surface area contributed by atoms with Crippen LogP contribution in [0.1, 0.15) is 22.8 Å². The van der Waals surface area contributed by atoms with Gasteiger partial charge in [-0.3, -0.25) is 4.79 Å². The van der Waals surface area contributed by atoms with Gasteiger partial charge in [0.15, 0.2) is 0 Å². The molecule has 76 valence electrons. The normalized spacial score (nSPS) is 9.93. The van der Waals surface area contributed by atoms with E-state index in [1.807, 2.05) is 6.92 Å². The van der Waals surface area contributed by atoms with E-state index in [4.69, 9.17) is 5.73 Å². The van der Waals surface area contributed by atoms with E-state index >= 15 is 0 Å². The predicted molar refractivity (Wildman–Crippen MR) is 53.6 cm³/mol. The zero-order valence-corrected chi connectivity index (χ0v) is 8.23. The number of nitrogens with two attached hydrogens (primary N) is 1. The number of hydrogen-bond acceptors (Lipinski definition) is 2. The number of benzene rings is 1. The molecule has 0 bridgehead atoms. The molecule has 0 atom stereocenters. The van der Waals surface area contributed by atoms with Crippen LogP contribution in [0.25, 0.3) is 0 Å². The Labute approximate surface area is 82.1 Å². The molecule has 3 nitrogen and oxygen atoms in total. The SMILES string of the molecule is CCNC(=O)c1cc(N)c(F)cc1C. The summed E-state index contributed by atoms with van der Waals surface area (Å²) < 4.78 is 13.0. The molecule has 0 unspecified atom stereocenters. The maximum Gasteiger partial charge on any atom is 0.251 e. The number of anilines is 1. The van der Waals surface area contributed by atoms with E-state index in [9.17, 15) is 9.18 Å². The highest BCUT2D eigenvalue weighted by atomic mass is 19.1. The lowest BCUT2D eigenvalue weighted by atomic mass is 10.1. The molecule has 1 aromatic rings. The molecule has 0 aliphatic heterocycles. The Balaban J connectivity index is 3.09. The molecular weight excluding hydrogens is 183 g/mol. The molecule has 1 amide bonds. The first kappa shape index (κ1) is 10.5. The minimum Gasteiger partial charge on any atom is -0.396 e. The van der Waals surface area contributed by atoms with E-state index in [-0.39, 0.29) is 11.6 Å². The van der Waals surface area contributed by atoms with Crippen molar-refractivity contribution < 1.29 is 9.18 Å². The number of aryl methyl sites for hydroxylation is 1. The summed E-state index contributed by atoms with van der Waals surface area (Å²) in [5.41, 5.74) is 6.37. The van der Waals surface area contributed by atoms with Crippen LogP contribution in [0.2, 0.25) is 0 Å². The molecule has 1 rings (SSSR count). The molecule has 0 fully saturated rings. The summed E-state index contributed by atoms with van der Waals surface area (Å²) in [6.45, 7) is 4.03. The van der Waals surface area contributed by atoms with Gasteiger partial charge in [-0.05, 0) is 31.5 Å². The van der Waals surface area contributed by atoms with Gasteiger partial charge in [0.05, 0.1) is 5.69 Å². The number of hydrogen-bond donors (Lipinski definition) is 2. The van der Waals surface area contributed by atoms with Crippen LogP contribution in [0.4, 0.5) is 10.1 Å². The van der Waals surface area contributed by atoms with Crippen LogP contribution in [0.3, 0.4) is 0 Å². The fourth-order valence-electron chi connectivity index (χ4n) is 1.19. The summed E-state index contributed by atoms with van der Waals surface area (Å²) in [6.07, 6.45) is 0. The van der Waals surface area contributed by atoms with Crippen molar-refractivity contribution in [1.29, 1.82) is 0 Å². The highest BCUT2D eigenvalue weighted by molar-refractivity contribution is 5.96. The van der Waals surface area contributed by atoms with Gasteiger partial charge in [0, 0.05) is 12.1 Å². The van der Waals surface area contributed by atoms with Crippen molar-refractivity contribution in [3.63, 3.8) is 0 Å². The minimum absolute atomic E-state index is 0.00291. The quantitative estimate of drug-likeness (QED) is 0.704. The zero-order chi connectivity index (χ0) is 10.7. The molecule has 0 radical (unpaired) electrons. The molecule has 3 N–H and O–H groups in total. The second kappa shape index (κ2) is 4.09. The standard InChI is InChI=1S/C10H13FN2O/c1-3-13-10(14)7-5-9(12)8(11)4-6(7)2/h4-5H,3,12H2,1-2H3,(H,13,14). The van der Waals surface area contributed by atoms with Gasteiger partial charge in [0.1, 0.15) is 5.82 Å². The summed E-state index contributed by atoms with van der Waals surface area (Å²) in [7, 11) is 0. The van der Waals surface area contributed by atoms with Crippen LogP contribution in [0.15, 0.2) is 12.1 Å². The van der Waals surface area contributed by atoms with Crippen LogP contribution >= 0.6 is 0 Å². The maximum atomic E-state index is 13.0. The average molecular weight is 196 g/mol. The van der Waals surface area contributed by atoms with Crippen molar-refractivity contribution in [2.45, 2.75) is 13.8 Å². The summed E-state index contributed by atoms with van der Waals surface area (Å²) in [5.74, 6) is -0.716. The largest absolute Gasteiger partial charge is 0.396 e. The third kappa shape index (κ3) is 2.02. The van der Waals surface area contributed by atoms with Gasteiger partial charge in [-0.2, -0.15) is 0 Å². The van der Waals surface area contributed by atoms with E-state index in [0.717, 1.165) is 0 Å². The Hall–Kier alpha value is -1.58. The number of nitrogens with one attached hydrogen (secondary N) is 1. The van der Waals surface area contributed by atoms with E-state index in [1.165, 1.54) is 12.1 Å². The first-order valence-corrected chi connectivity index (χ1v) is 4.40. The molecular formula is C10H13FN2O. The van der Waals surface area contributed by atoms with Crippen LogP contribution in [0.5, 0.6) is 0 Å². The van der Waals surface area contributed by atoms with Crippen molar-refractivity contribution >= 4 is 11.6 Å². The second-order valence-corrected chi connectivity index (χ2v) is 3.05. The number of nitrogen functional groups attached to an aromatic ring is 1. The average Bonchev–Trinajstić information content (AvgIpc) is 2.11. The van der Waals surface area contributed by atoms with Crippen molar-refractivity contribution in [1.82, 2.24) is 5.32 Å². The van der Waals surface area contributed by atoms with Gasteiger partial charge in [0.25, 0.3) is 5.91 Å². The van der Waals surface area contributed by atoms with Crippen molar-refractivity contribution in [3.8, 4) is 0 Å². The first-order valence-electron chi connectivity index (χ1n) is 4.40. The number of halogens is 1. The third-order valence-corrected chi connectivity index (χ3v) is 1.93. The van der Waals surface area contributed by atoms with Gasteiger partial charge in [-0.25, -0.2) is 4.39 Å². The first-order chi connectivity index (χ1) is 6.56. The summed E-state index contributed by atoms with van der Waals surface area (Å²) in [4.78, 5) is 11.4. The van der Waals surface area contributed by atoms with E-state index in [1.54, 1.807) is 6.92 Å². The van der Waals surface area contributed by atoms with Gasteiger partial charge in [-0.15, -0.1) is 0 Å². The minimum atomic E-state index is -0.490. The molecule has 0 aromatic heterocycles. The smallest absolute Gasteiger partial charge is 0.251 e. The lowest BCUT2D eigenvalue weighted by molar-refractivity contribution is 0.0955. The summed E-state index contributed by atoms with van der Waals surface area (Å²) in [6, 6.07) is 2.62. The maximum absolute atomic E-state index is 13.0. The Kier molecular flexibility index (Phi) is 3.06. The Morgan fingerprint density at radius 3 is 2.79 bits per heavy atom. The summed E-state index contributed by atoms with van der Waals surface area (Å²) in [5, 5.41) is 2.63. The van der Waals surface area contributed by atoms with Gasteiger partial charge in [-0.1, -0.05) is 0 Å². The highest BCUT2D eigenvalue weighted by Crippen LogP contribution is 2.16. The molecule has 0 saturated heterocycles. The van der Waals surface area contributed by atoms with Crippen LogP contribution in [-0.2, 0) is 0 Å². The summed E-state index contributed by atoms with van der Waals surface area (Å²) >= 11 is 0. The molecule has 0 saturated carbocycles. The number of carbonyl (C=O) groups is 1. The van der Waals surface area contributed by atoms with Gasteiger partial charge in [0.2, 0.25) is 0 Å². The molecule has 4 heteroatoms. The fourth-order valence-corrected chi connectivity index (χ4v) is 1.19. The van der Waals surface area contributed by atoms with E-state index < -0.39 is 5.82 Å². The molecule has 14 heavy (non-hydrogen) atoms. The molecule has 0 aliphatic rings. The van der Waals surface area contributed by atoms with Crippen LogP contribution in [-0.4, -0.2) is 12.5 Å². The lowest BCUT2D eigenvalue weighted by Gasteiger charge is -2.07. The third-order valence-electron chi connectivity index (χ3n) is 1.93. The monoisotopic (exact) mass is 196 g/mol. The van der Waals surface area contributed by atoms with Crippen molar-refractivity contribution in [2.75, 3.05) is 12.3 Å². The molecule has 0 heterocycles. The van der Waals surface area contributed by atoms with Crippen LogP contribution < -0.4 is 11.1 Å². The predicted octanol–water partition coefficient (Wildman–Crippen LogP) is 1.47. The van der Waals surface area contributed by atoms with E-state index in [2.05, 4.69) is 5.32 Å². The number of rotatable bonds is 2. The van der Waals surface area contributed by atoms with Crippen molar-refractivity contribution in [2.24, 2.45) is 0 Å². The Bertz CT molecular complexity index is 363.